The first kappa shape index (κ1) is 42.0. The van der Waals surface area contributed by atoms with E-state index in [1.807, 2.05) is 13.8 Å². The van der Waals surface area contributed by atoms with E-state index >= 15 is 0 Å². The molecule has 4 fully saturated rings. The molecule has 1 heterocycles. The van der Waals surface area contributed by atoms with Crippen molar-refractivity contribution in [1.82, 2.24) is 26.2 Å². The average Bonchev–Trinajstić information content (AvgIpc) is 3.77. The fourth-order valence-electron chi connectivity index (χ4n) is 8.30. The number of Topliss-reactive ketones (excluding diaryl/α,β-unsaturated/α-hetero) is 1. The third-order valence-electron chi connectivity index (χ3n) is 12.3. The minimum absolute atomic E-state index is 0.00684. The van der Waals surface area contributed by atoms with Crippen LogP contribution < -0.4 is 21.3 Å². The Morgan fingerprint density at radius 3 is 2.02 bits per heavy atom. The Kier molecular flexibility index (Phi) is 13.9. The van der Waals surface area contributed by atoms with Crippen molar-refractivity contribution in [3.05, 3.63) is 0 Å². The highest BCUT2D eigenvalue weighted by molar-refractivity contribution is 7.92. The molecule has 3 saturated carbocycles. The molecule has 0 radical (unpaired) electrons. The van der Waals surface area contributed by atoms with Gasteiger partial charge in [0.05, 0.1) is 22.1 Å². The maximum Gasteiger partial charge on any atom is 0.315 e. The molecule has 12 nitrogen and oxygen atoms in total. The Bertz CT molecular complexity index is 1410. The first-order valence-corrected chi connectivity index (χ1v) is 21.7. The predicted octanol–water partition coefficient (Wildman–Crippen LogP) is 4.94. The van der Waals surface area contributed by atoms with Crippen LogP contribution in [-0.2, 0) is 29.0 Å². The lowest BCUT2D eigenvalue weighted by Crippen LogP contribution is -2.64. The van der Waals surface area contributed by atoms with Crippen LogP contribution in [0.5, 0.6) is 0 Å². The molecule has 13 heteroatoms. The Hall–Kier alpha value is -2.70. The number of carbonyl (C=O) groups is 5. The maximum atomic E-state index is 14.9. The molecule has 0 aromatic rings. The van der Waals surface area contributed by atoms with Gasteiger partial charge in [-0.3, -0.25) is 19.2 Å². The number of nitrogens with zero attached hydrogens (tertiary/aromatic N) is 1. The van der Waals surface area contributed by atoms with Crippen LogP contribution in [0.15, 0.2) is 0 Å². The lowest BCUT2D eigenvalue weighted by atomic mass is 9.70. The van der Waals surface area contributed by atoms with Crippen molar-refractivity contribution in [2.45, 2.75) is 186 Å². The third-order valence-corrected chi connectivity index (χ3v) is 15.1. The summed E-state index contributed by atoms with van der Waals surface area (Å²) in [5.41, 5.74) is -1.53. The molecule has 4 N–H and O–H groups in total. The van der Waals surface area contributed by atoms with Crippen LogP contribution in [0.1, 0.15) is 151 Å². The number of amides is 5. The van der Waals surface area contributed by atoms with Gasteiger partial charge in [-0.15, -0.1) is 0 Å². The SMILES string of the molecule is CCCC[C@H](NC(=O)[C@@H]1C[C@@H](C(C)C)CN1C(=O)[C@@H](NC(=O)NC1(CS(=O)(=O)C(C)(C)C)CCCCC1)C1(C)CCCCC1)C(=O)C(=O)NC1CC1. The standard InChI is InChI=1S/C39H67N5O7S/c1-8-9-16-29(31(45)34(47)40-28-17-18-28)41-33(46)30-23-27(26(2)3)24-44(30)35(48)32(38(7)19-12-10-13-20-38)42-36(49)43-39(21-14-11-15-22-39)25-52(50,51)37(4,5)6/h26-30,32H,8-25H2,1-7H3,(H,40,47)(H,41,46)(H2,42,43,49)/t27-,29+,30+,32-/m1/s1. The number of hydrogen-bond acceptors (Lipinski definition) is 7. The number of sulfone groups is 1. The zero-order chi connectivity index (χ0) is 38.5. The highest BCUT2D eigenvalue weighted by Crippen LogP contribution is 2.41. The second kappa shape index (κ2) is 17.2. The first-order valence-electron chi connectivity index (χ1n) is 20.1. The number of unbranched alkanes of at least 4 members (excludes halogenated alkanes) is 1. The smallest absolute Gasteiger partial charge is 0.315 e. The van der Waals surface area contributed by atoms with Gasteiger partial charge in [0, 0.05) is 12.6 Å². The van der Waals surface area contributed by atoms with Crippen LogP contribution in [0, 0.1) is 17.3 Å². The third kappa shape index (κ3) is 10.5. The quantitative estimate of drug-likeness (QED) is 0.172. The molecule has 0 spiro atoms. The average molecular weight is 750 g/mol. The molecule has 52 heavy (non-hydrogen) atoms. The molecule has 3 aliphatic carbocycles. The molecule has 4 rings (SSSR count). The topological polar surface area (TPSA) is 171 Å². The summed E-state index contributed by atoms with van der Waals surface area (Å²) < 4.78 is 25.9. The van der Waals surface area contributed by atoms with Gasteiger partial charge in [-0.1, -0.05) is 79.1 Å². The van der Waals surface area contributed by atoms with E-state index in [4.69, 9.17) is 0 Å². The molecule has 5 amide bonds. The highest BCUT2D eigenvalue weighted by atomic mass is 32.2. The monoisotopic (exact) mass is 749 g/mol. The van der Waals surface area contributed by atoms with Crippen molar-refractivity contribution in [3.63, 3.8) is 0 Å². The summed E-state index contributed by atoms with van der Waals surface area (Å²) in [5, 5.41) is 11.8. The van der Waals surface area contributed by atoms with E-state index in [9.17, 15) is 32.4 Å². The van der Waals surface area contributed by atoms with Gasteiger partial charge in [-0.25, -0.2) is 13.2 Å². The Balaban J connectivity index is 1.60. The van der Waals surface area contributed by atoms with E-state index in [0.717, 1.165) is 70.6 Å². The summed E-state index contributed by atoms with van der Waals surface area (Å²) in [6.45, 7) is 13.5. The minimum atomic E-state index is -3.56. The van der Waals surface area contributed by atoms with Crippen molar-refractivity contribution >= 4 is 39.4 Å². The molecule has 4 atom stereocenters. The molecule has 0 aromatic carbocycles. The van der Waals surface area contributed by atoms with Gasteiger partial charge in [-0.05, 0) is 89.4 Å². The predicted molar refractivity (Wildman–Crippen MR) is 202 cm³/mol. The number of nitrogens with one attached hydrogen (secondary N) is 4. The summed E-state index contributed by atoms with van der Waals surface area (Å²) in [4.78, 5) is 70.7. The molecule has 1 aliphatic heterocycles. The van der Waals surface area contributed by atoms with Crippen LogP contribution in [0.2, 0.25) is 0 Å². The van der Waals surface area contributed by atoms with Gasteiger partial charge in [0.1, 0.15) is 12.1 Å². The normalized spacial score (nSPS) is 24.4. The number of likely N-dealkylation sites (tertiary alicyclic amines) is 1. The van der Waals surface area contributed by atoms with Crippen LogP contribution in [0.3, 0.4) is 0 Å². The van der Waals surface area contributed by atoms with Gasteiger partial charge >= 0.3 is 6.03 Å². The maximum absolute atomic E-state index is 14.9. The van der Waals surface area contributed by atoms with Crippen LogP contribution in [0.4, 0.5) is 4.79 Å². The fraction of sp³-hybridized carbons (Fsp3) is 0.872. The number of hydrogen-bond donors (Lipinski definition) is 4. The Labute approximate surface area is 312 Å². The molecular weight excluding hydrogens is 683 g/mol. The summed E-state index contributed by atoms with van der Waals surface area (Å²) in [6.07, 6.45) is 11.7. The molecule has 0 aromatic heterocycles. The minimum Gasteiger partial charge on any atom is -0.347 e. The molecule has 296 valence electrons. The van der Waals surface area contributed by atoms with E-state index in [-0.39, 0.29) is 29.5 Å². The molecule has 1 saturated heterocycles. The molecule has 0 unspecified atom stereocenters. The van der Waals surface area contributed by atoms with Crippen molar-refractivity contribution in [1.29, 1.82) is 0 Å². The fourth-order valence-corrected chi connectivity index (χ4v) is 9.82. The van der Waals surface area contributed by atoms with E-state index in [0.29, 0.717) is 38.6 Å². The van der Waals surface area contributed by atoms with Gasteiger partial charge < -0.3 is 26.2 Å². The molecule has 0 bridgehead atoms. The number of carbonyl (C=O) groups excluding carboxylic acids is 5. The second-order valence-corrected chi connectivity index (χ2v) is 20.8. The van der Waals surface area contributed by atoms with Crippen molar-refractivity contribution in [2.75, 3.05) is 12.3 Å². The number of urea groups is 1. The van der Waals surface area contributed by atoms with E-state index in [1.165, 1.54) is 0 Å². The number of rotatable bonds is 15. The first-order chi connectivity index (χ1) is 24.3. The summed E-state index contributed by atoms with van der Waals surface area (Å²) >= 11 is 0. The number of ketones is 1. The van der Waals surface area contributed by atoms with Crippen molar-refractivity contribution in [2.24, 2.45) is 17.3 Å². The lowest BCUT2D eigenvalue weighted by molar-refractivity contribution is -0.144. The van der Waals surface area contributed by atoms with Crippen molar-refractivity contribution < 1.29 is 32.4 Å². The summed E-state index contributed by atoms with van der Waals surface area (Å²) in [7, 11) is -3.56. The lowest BCUT2D eigenvalue weighted by Gasteiger charge is -2.44. The molecular formula is C39H67N5O7S. The van der Waals surface area contributed by atoms with Crippen LogP contribution >= 0.6 is 0 Å². The Morgan fingerprint density at radius 1 is 0.885 bits per heavy atom. The second-order valence-electron chi connectivity index (χ2n) is 18.0. The van der Waals surface area contributed by atoms with Gasteiger partial charge in [0.2, 0.25) is 17.6 Å². The zero-order valence-electron chi connectivity index (χ0n) is 32.9. The van der Waals surface area contributed by atoms with E-state index < -0.39 is 67.3 Å². The Morgan fingerprint density at radius 2 is 1.48 bits per heavy atom. The highest BCUT2D eigenvalue weighted by Gasteiger charge is 2.50. The van der Waals surface area contributed by atoms with Gasteiger partial charge in [0.25, 0.3) is 5.91 Å². The van der Waals surface area contributed by atoms with E-state index in [1.54, 1.807) is 25.7 Å². The van der Waals surface area contributed by atoms with Gasteiger partial charge in [-0.2, -0.15) is 0 Å². The van der Waals surface area contributed by atoms with Gasteiger partial charge in [0.15, 0.2) is 9.84 Å². The molecule has 4 aliphatic rings. The van der Waals surface area contributed by atoms with Crippen molar-refractivity contribution in [3.8, 4) is 0 Å². The largest absolute Gasteiger partial charge is 0.347 e. The summed E-state index contributed by atoms with van der Waals surface area (Å²) in [5.74, 6) is -2.14. The zero-order valence-corrected chi connectivity index (χ0v) is 33.7. The summed E-state index contributed by atoms with van der Waals surface area (Å²) in [6, 6.07) is -3.37. The van der Waals surface area contributed by atoms with Crippen LogP contribution in [0.25, 0.3) is 0 Å². The van der Waals surface area contributed by atoms with E-state index in [2.05, 4.69) is 35.1 Å². The van der Waals surface area contributed by atoms with Crippen LogP contribution in [-0.4, -0.2) is 89.6 Å².